The Morgan fingerprint density at radius 3 is 2.57 bits per heavy atom. The van der Waals surface area contributed by atoms with Gasteiger partial charge in [-0.25, -0.2) is 5.43 Å². The molecule has 4 aromatic rings. The van der Waals surface area contributed by atoms with Crippen molar-refractivity contribution in [2.75, 3.05) is 0 Å². The minimum Gasteiger partial charge on any atom is -0.487 e. The molecule has 0 saturated heterocycles. The van der Waals surface area contributed by atoms with Gasteiger partial charge < -0.3 is 4.74 Å². The molecule has 0 bridgehead atoms. The Morgan fingerprint density at radius 2 is 1.80 bits per heavy atom. The number of hydrogen-bond acceptors (Lipinski definition) is 4. The summed E-state index contributed by atoms with van der Waals surface area (Å²) in [6.45, 7) is 0.447. The van der Waals surface area contributed by atoms with Crippen LogP contribution in [-0.2, 0) is 6.61 Å². The van der Waals surface area contributed by atoms with E-state index in [0.29, 0.717) is 17.2 Å². The highest BCUT2D eigenvalue weighted by atomic mass is 79.9. The van der Waals surface area contributed by atoms with Gasteiger partial charge in [0, 0.05) is 0 Å². The maximum atomic E-state index is 11.9. The van der Waals surface area contributed by atoms with Gasteiger partial charge in [-0.3, -0.25) is 4.79 Å². The zero-order valence-corrected chi connectivity index (χ0v) is 19.6. The van der Waals surface area contributed by atoms with Crippen molar-refractivity contribution in [1.29, 1.82) is 0 Å². The molecular formula is C23H16Br2N2O2S. The molecule has 0 aliphatic carbocycles. The van der Waals surface area contributed by atoms with Gasteiger partial charge in [0.15, 0.2) is 0 Å². The van der Waals surface area contributed by atoms with Gasteiger partial charge in [0.05, 0.1) is 20.0 Å². The Kier molecular flexibility index (Phi) is 6.62. The highest BCUT2D eigenvalue weighted by Crippen LogP contribution is 2.35. The standard InChI is InChI=1S/C23H16Br2N2O2S/c24-19-11-15(13-26-27-23(28)21-9-4-10-30-21)12-20(25)22(19)29-14-17-7-3-6-16-5-1-2-8-18(16)17/h1-13H,14H2,(H,27,28)/b26-13-. The normalized spacial score (nSPS) is 11.1. The molecule has 0 spiro atoms. The molecule has 1 aromatic heterocycles. The second-order valence-electron chi connectivity index (χ2n) is 6.42. The van der Waals surface area contributed by atoms with Crippen LogP contribution in [-0.4, -0.2) is 12.1 Å². The van der Waals surface area contributed by atoms with Crippen LogP contribution in [0.1, 0.15) is 20.8 Å². The van der Waals surface area contributed by atoms with Crippen molar-refractivity contribution >= 4 is 66.1 Å². The van der Waals surface area contributed by atoms with Gasteiger partial charge in [-0.2, -0.15) is 5.10 Å². The Morgan fingerprint density at radius 1 is 1.03 bits per heavy atom. The van der Waals surface area contributed by atoms with E-state index in [1.165, 1.54) is 22.1 Å². The molecule has 0 aliphatic heterocycles. The predicted octanol–water partition coefficient (Wildman–Crippen LogP) is 6.77. The molecule has 0 aliphatic rings. The van der Waals surface area contributed by atoms with Crippen LogP contribution in [0.3, 0.4) is 0 Å². The van der Waals surface area contributed by atoms with E-state index < -0.39 is 0 Å². The number of nitrogens with zero attached hydrogens (tertiary/aromatic N) is 1. The van der Waals surface area contributed by atoms with E-state index in [1.54, 1.807) is 12.3 Å². The lowest BCUT2D eigenvalue weighted by atomic mass is 10.1. The summed E-state index contributed by atoms with van der Waals surface area (Å²) in [4.78, 5) is 12.6. The number of hydrazone groups is 1. The van der Waals surface area contributed by atoms with Crippen molar-refractivity contribution in [3.63, 3.8) is 0 Å². The number of rotatable bonds is 6. The summed E-state index contributed by atoms with van der Waals surface area (Å²) in [6, 6.07) is 21.8. The van der Waals surface area contributed by atoms with Gasteiger partial charge in [0.1, 0.15) is 12.4 Å². The lowest BCUT2D eigenvalue weighted by Gasteiger charge is -2.13. The van der Waals surface area contributed by atoms with E-state index in [9.17, 15) is 4.79 Å². The Balaban J connectivity index is 1.46. The summed E-state index contributed by atoms with van der Waals surface area (Å²) in [7, 11) is 0. The third kappa shape index (κ3) is 4.80. The van der Waals surface area contributed by atoms with Gasteiger partial charge in [-0.1, -0.05) is 48.5 Å². The number of nitrogens with one attached hydrogen (secondary N) is 1. The maximum absolute atomic E-state index is 11.9. The summed E-state index contributed by atoms with van der Waals surface area (Å²) in [5, 5.41) is 8.25. The van der Waals surface area contributed by atoms with Crippen molar-refractivity contribution in [3.8, 4) is 5.75 Å². The Bertz CT molecular complexity index is 1190. The first-order valence-corrected chi connectivity index (χ1v) is 11.5. The number of carbonyl (C=O) groups is 1. The predicted molar refractivity (Wildman–Crippen MR) is 130 cm³/mol. The number of halogens is 2. The second kappa shape index (κ2) is 9.55. The van der Waals surface area contributed by atoms with Crippen molar-refractivity contribution in [3.05, 3.63) is 97.1 Å². The molecule has 150 valence electrons. The molecule has 0 saturated carbocycles. The first-order chi connectivity index (χ1) is 14.6. The highest BCUT2D eigenvalue weighted by Gasteiger charge is 2.10. The first kappa shape index (κ1) is 20.8. The van der Waals surface area contributed by atoms with Crippen LogP contribution in [0.2, 0.25) is 0 Å². The summed E-state index contributed by atoms with van der Waals surface area (Å²) in [6.07, 6.45) is 1.59. The summed E-state index contributed by atoms with van der Waals surface area (Å²) < 4.78 is 7.69. The minimum atomic E-state index is -0.227. The van der Waals surface area contributed by atoms with Crippen LogP contribution in [0.25, 0.3) is 10.8 Å². The average molecular weight is 544 g/mol. The van der Waals surface area contributed by atoms with Crippen molar-refractivity contribution in [1.82, 2.24) is 5.43 Å². The molecule has 30 heavy (non-hydrogen) atoms. The van der Waals surface area contributed by atoms with Crippen molar-refractivity contribution in [2.45, 2.75) is 6.61 Å². The fourth-order valence-corrected chi connectivity index (χ4v) is 5.05. The maximum Gasteiger partial charge on any atom is 0.281 e. The van der Waals surface area contributed by atoms with E-state index in [0.717, 1.165) is 20.1 Å². The first-order valence-electron chi connectivity index (χ1n) is 9.07. The molecule has 7 heteroatoms. The third-order valence-electron chi connectivity index (χ3n) is 4.40. The molecule has 0 fully saturated rings. The number of benzene rings is 3. The number of amides is 1. The van der Waals surface area contributed by atoms with Crippen LogP contribution in [0.15, 0.2) is 86.2 Å². The van der Waals surface area contributed by atoms with Crippen LogP contribution in [0.5, 0.6) is 5.75 Å². The molecule has 4 rings (SSSR count). The minimum absolute atomic E-state index is 0.227. The molecular weight excluding hydrogens is 528 g/mol. The third-order valence-corrected chi connectivity index (χ3v) is 6.44. The number of hydrogen-bond donors (Lipinski definition) is 1. The molecule has 1 amide bonds. The van der Waals surface area contributed by atoms with Crippen molar-refractivity contribution in [2.24, 2.45) is 5.10 Å². The summed E-state index contributed by atoms with van der Waals surface area (Å²) in [5.41, 5.74) is 4.47. The highest BCUT2D eigenvalue weighted by molar-refractivity contribution is 9.11. The molecule has 1 heterocycles. The quantitative estimate of drug-likeness (QED) is 0.215. The number of thiophene rings is 1. The lowest BCUT2D eigenvalue weighted by molar-refractivity contribution is 0.0959. The average Bonchev–Trinajstić information content (AvgIpc) is 3.28. The fraction of sp³-hybridized carbons (Fsp3) is 0.0435. The molecule has 4 nitrogen and oxygen atoms in total. The molecule has 1 N–H and O–H groups in total. The van der Waals surface area contributed by atoms with E-state index in [2.05, 4.69) is 66.7 Å². The van der Waals surface area contributed by atoms with E-state index in [-0.39, 0.29) is 5.91 Å². The van der Waals surface area contributed by atoms with Crippen LogP contribution in [0.4, 0.5) is 0 Å². The smallest absolute Gasteiger partial charge is 0.281 e. The summed E-state index contributed by atoms with van der Waals surface area (Å²) in [5.74, 6) is 0.483. The van der Waals surface area contributed by atoms with Crippen molar-refractivity contribution < 1.29 is 9.53 Å². The van der Waals surface area contributed by atoms with Gasteiger partial charge in [0.25, 0.3) is 5.91 Å². The van der Waals surface area contributed by atoms with E-state index in [4.69, 9.17) is 4.74 Å². The van der Waals surface area contributed by atoms with Gasteiger partial charge in [-0.05, 0) is 77.3 Å². The van der Waals surface area contributed by atoms with Gasteiger partial charge in [0.2, 0.25) is 0 Å². The number of ether oxygens (including phenoxy) is 1. The van der Waals surface area contributed by atoms with Gasteiger partial charge in [-0.15, -0.1) is 11.3 Å². The molecule has 0 radical (unpaired) electrons. The number of carbonyl (C=O) groups excluding carboxylic acids is 1. The molecule has 0 atom stereocenters. The largest absolute Gasteiger partial charge is 0.487 e. The SMILES string of the molecule is O=C(N/N=C\c1cc(Br)c(OCc2cccc3ccccc23)c(Br)c1)c1cccs1. The lowest BCUT2D eigenvalue weighted by Crippen LogP contribution is -2.16. The van der Waals surface area contributed by atoms with Gasteiger partial charge >= 0.3 is 0 Å². The Hall–Kier alpha value is -2.48. The van der Waals surface area contributed by atoms with E-state index in [1.807, 2.05) is 41.8 Å². The summed E-state index contributed by atoms with van der Waals surface area (Å²) >= 11 is 8.51. The molecule has 0 unspecified atom stereocenters. The fourth-order valence-electron chi connectivity index (χ4n) is 2.99. The zero-order chi connectivity index (χ0) is 20.9. The monoisotopic (exact) mass is 542 g/mol. The number of fused-ring (bicyclic) bond motifs is 1. The molecule has 3 aromatic carbocycles. The zero-order valence-electron chi connectivity index (χ0n) is 15.6. The topological polar surface area (TPSA) is 50.7 Å². The second-order valence-corrected chi connectivity index (χ2v) is 9.07. The van der Waals surface area contributed by atoms with Crippen LogP contribution < -0.4 is 10.2 Å². The van der Waals surface area contributed by atoms with Crippen LogP contribution in [0, 0.1) is 0 Å². The van der Waals surface area contributed by atoms with E-state index >= 15 is 0 Å². The van der Waals surface area contributed by atoms with Crippen LogP contribution >= 0.6 is 43.2 Å². The Labute approximate surface area is 194 Å².